The number of fused-ring (bicyclic) bond motifs is 1. The Morgan fingerprint density at radius 2 is 1.81 bits per heavy atom. The summed E-state index contributed by atoms with van der Waals surface area (Å²) in [5.41, 5.74) is 2.49. The minimum absolute atomic E-state index is 0.00126. The summed E-state index contributed by atoms with van der Waals surface area (Å²) in [5.74, 6) is 0.804. The van der Waals surface area contributed by atoms with Gasteiger partial charge in [0.05, 0.1) is 11.4 Å². The SMILES string of the molecule is CC(C)(C)C(=O)NCC1Cc2cccc(-c3ccc(S(C)(=O)=O)cc3)c2O1. The molecule has 0 aliphatic carbocycles. The van der Waals surface area contributed by atoms with E-state index in [0.717, 1.165) is 28.9 Å². The zero-order valence-electron chi connectivity index (χ0n) is 16.1. The van der Waals surface area contributed by atoms with E-state index in [1.807, 2.05) is 39.0 Å². The molecule has 1 aliphatic rings. The van der Waals surface area contributed by atoms with Gasteiger partial charge in [-0.3, -0.25) is 4.79 Å². The average Bonchev–Trinajstić information content (AvgIpc) is 3.01. The number of benzene rings is 2. The van der Waals surface area contributed by atoms with E-state index in [4.69, 9.17) is 4.74 Å². The van der Waals surface area contributed by atoms with Gasteiger partial charge in [-0.2, -0.15) is 0 Å². The van der Waals surface area contributed by atoms with Crippen molar-refractivity contribution in [1.82, 2.24) is 5.32 Å². The molecule has 5 nitrogen and oxygen atoms in total. The number of para-hydroxylation sites is 1. The molecule has 0 saturated heterocycles. The highest BCUT2D eigenvalue weighted by Gasteiger charge is 2.28. The van der Waals surface area contributed by atoms with Crippen LogP contribution in [0.1, 0.15) is 26.3 Å². The molecule has 0 spiro atoms. The van der Waals surface area contributed by atoms with Crippen molar-refractivity contribution in [2.75, 3.05) is 12.8 Å². The molecular formula is C21H25NO4S. The number of carbonyl (C=O) groups is 1. The smallest absolute Gasteiger partial charge is 0.225 e. The summed E-state index contributed by atoms with van der Waals surface area (Å²) >= 11 is 0. The molecule has 3 rings (SSSR count). The molecule has 1 aliphatic heterocycles. The van der Waals surface area contributed by atoms with E-state index in [1.165, 1.54) is 6.26 Å². The molecule has 0 bridgehead atoms. The Morgan fingerprint density at radius 1 is 1.15 bits per heavy atom. The van der Waals surface area contributed by atoms with E-state index >= 15 is 0 Å². The second kappa shape index (κ2) is 7.00. The van der Waals surface area contributed by atoms with Crippen LogP contribution < -0.4 is 10.1 Å². The van der Waals surface area contributed by atoms with Crippen molar-refractivity contribution >= 4 is 15.7 Å². The first-order valence-corrected chi connectivity index (χ1v) is 10.8. The molecule has 0 radical (unpaired) electrons. The topological polar surface area (TPSA) is 72.5 Å². The van der Waals surface area contributed by atoms with Gasteiger partial charge >= 0.3 is 0 Å². The maximum absolute atomic E-state index is 12.1. The van der Waals surface area contributed by atoms with Crippen LogP contribution >= 0.6 is 0 Å². The third-order valence-electron chi connectivity index (χ3n) is 4.59. The van der Waals surface area contributed by atoms with Crippen molar-refractivity contribution in [2.24, 2.45) is 5.41 Å². The zero-order valence-corrected chi connectivity index (χ0v) is 16.9. The summed E-state index contributed by atoms with van der Waals surface area (Å²) in [6.45, 7) is 6.10. The van der Waals surface area contributed by atoms with Crippen molar-refractivity contribution in [3.05, 3.63) is 48.0 Å². The molecule has 144 valence electrons. The van der Waals surface area contributed by atoms with Gasteiger partial charge in [-0.05, 0) is 23.3 Å². The fraction of sp³-hybridized carbons (Fsp3) is 0.381. The van der Waals surface area contributed by atoms with Gasteiger partial charge in [-0.1, -0.05) is 51.1 Å². The van der Waals surface area contributed by atoms with Gasteiger partial charge < -0.3 is 10.1 Å². The van der Waals surface area contributed by atoms with Gasteiger partial charge in [0.2, 0.25) is 5.91 Å². The Bertz CT molecular complexity index is 957. The first-order chi connectivity index (χ1) is 12.6. The van der Waals surface area contributed by atoms with E-state index in [-0.39, 0.29) is 12.0 Å². The summed E-state index contributed by atoms with van der Waals surface area (Å²) in [4.78, 5) is 12.4. The maximum atomic E-state index is 12.1. The van der Waals surface area contributed by atoms with Crippen molar-refractivity contribution < 1.29 is 17.9 Å². The molecule has 1 atom stereocenters. The highest BCUT2D eigenvalue weighted by Crippen LogP contribution is 2.39. The fourth-order valence-electron chi connectivity index (χ4n) is 3.03. The lowest BCUT2D eigenvalue weighted by Gasteiger charge is -2.20. The van der Waals surface area contributed by atoms with Crippen LogP contribution in [0.5, 0.6) is 5.75 Å². The minimum Gasteiger partial charge on any atom is -0.487 e. The molecule has 0 saturated carbocycles. The molecule has 27 heavy (non-hydrogen) atoms. The van der Waals surface area contributed by atoms with Crippen LogP contribution in [0.25, 0.3) is 11.1 Å². The Balaban J connectivity index is 1.78. The van der Waals surface area contributed by atoms with E-state index in [2.05, 4.69) is 5.32 Å². The second-order valence-corrected chi connectivity index (χ2v) is 10.0. The molecule has 2 aromatic carbocycles. The number of hydrogen-bond acceptors (Lipinski definition) is 4. The van der Waals surface area contributed by atoms with Crippen LogP contribution in [0.15, 0.2) is 47.4 Å². The molecule has 0 aromatic heterocycles. The van der Waals surface area contributed by atoms with Crippen molar-refractivity contribution in [3.8, 4) is 16.9 Å². The number of hydrogen-bond donors (Lipinski definition) is 1. The number of carbonyl (C=O) groups excluding carboxylic acids is 1. The monoisotopic (exact) mass is 387 g/mol. The third-order valence-corrected chi connectivity index (χ3v) is 5.72. The van der Waals surface area contributed by atoms with E-state index in [9.17, 15) is 13.2 Å². The van der Waals surface area contributed by atoms with Crippen LogP contribution in [-0.4, -0.2) is 33.2 Å². The van der Waals surface area contributed by atoms with Crippen molar-refractivity contribution in [3.63, 3.8) is 0 Å². The predicted octanol–water partition coefficient (Wildman–Crippen LogP) is 3.22. The van der Waals surface area contributed by atoms with Gasteiger partial charge in [-0.25, -0.2) is 8.42 Å². The molecular weight excluding hydrogens is 362 g/mol. The Hall–Kier alpha value is -2.34. The van der Waals surface area contributed by atoms with Crippen LogP contribution in [0.2, 0.25) is 0 Å². The van der Waals surface area contributed by atoms with Gasteiger partial charge in [0.25, 0.3) is 0 Å². The van der Waals surface area contributed by atoms with Gasteiger partial charge in [0.15, 0.2) is 9.84 Å². The third kappa shape index (κ3) is 4.33. The number of sulfone groups is 1. The van der Waals surface area contributed by atoms with E-state index in [0.29, 0.717) is 11.4 Å². The lowest BCUT2D eigenvalue weighted by Crippen LogP contribution is -2.40. The largest absolute Gasteiger partial charge is 0.487 e. The highest BCUT2D eigenvalue weighted by atomic mass is 32.2. The second-order valence-electron chi connectivity index (χ2n) is 7.99. The maximum Gasteiger partial charge on any atom is 0.225 e. The van der Waals surface area contributed by atoms with Crippen molar-refractivity contribution in [1.29, 1.82) is 0 Å². The first-order valence-electron chi connectivity index (χ1n) is 8.93. The lowest BCUT2D eigenvalue weighted by atomic mass is 9.95. The normalized spacial score (nSPS) is 16.5. The minimum atomic E-state index is -3.22. The molecule has 0 fully saturated rings. The standard InChI is InChI=1S/C21H25NO4S/c1-21(2,3)20(23)22-13-16-12-15-6-5-7-18(19(15)26-16)14-8-10-17(11-9-14)27(4,24)25/h5-11,16H,12-13H2,1-4H3,(H,22,23). The number of ether oxygens (including phenoxy) is 1. The Labute approximate surface area is 160 Å². The molecule has 1 N–H and O–H groups in total. The average molecular weight is 388 g/mol. The zero-order chi connectivity index (χ0) is 19.8. The van der Waals surface area contributed by atoms with E-state index in [1.54, 1.807) is 24.3 Å². The molecule has 1 amide bonds. The summed E-state index contributed by atoms with van der Waals surface area (Å²) in [7, 11) is -3.22. The highest BCUT2D eigenvalue weighted by molar-refractivity contribution is 7.90. The van der Waals surface area contributed by atoms with Crippen LogP contribution in [0.3, 0.4) is 0 Å². The summed E-state index contributed by atoms with van der Waals surface area (Å²) in [6.07, 6.45) is 1.82. The van der Waals surface area contributed by atoms with Gasteiger partial charge in [-0.15, -0.1) is 0 Å². The predicted molar refractivity (Wildman–Crippen MR) is 106 cm³/mol. The summed E-state index contributed by atoms with van der Waals surface area (Å²) in [5, 5.41) is 2.95. The molecule has 6 heteroatoms. The van der Waals surface area contributed by atoms with Crippen molar-refractivity contribution in [2.45, 2.75) is 38.2 Å². The Kier molecular flexibility index (Phi) is 5.04. The molecule has 1 unspecified atom stereocenters. The molecule has 1 heterocycles. The fourth-order valence-corrected chi connectivity index (χ4v) is 3.66. The number of amides is 1. The first kappa shape index (κ1) is 19.4. The van der Waals surface area contributed by atoms with Gasteiger partial charge in [0, 0.05) is 23.7 Å². The van der Waals surface area contributed by atoms with E-state index < -0.39 is 15.3 Å². The quantitative estimate of drug-likeness (QED) is 0.874. The molecule has 2 aromatic rings. The summed E-state index contributed by atoms with van der Waals surface area (Å²) < 4.78 is 29.4. The number of rotatable bonds is 4. The summed E-state index contributed by atoms with van der Waals surface area (Å²) in [6, 6.07) is 12.8. The van der Waals surface area contributed by atoms with Crippen LogP contribution in [0.4, 0.5) is 0 Å². The van der Waals surface area contributed by atoms with Gasteiger partial charge in [0.1, 0.15) is 11.9 Å². The Morgan fingerprint density at radius 3 is 2.41 bits per heavy atom. The van der Waals surface area contributed by atoms with Crippen LogP contribution in [0, 0.1) is 5.41 Å². The number of nitrogens with one attached hydrogen (secondary N) is 1. The van der Waals surface area contributed by atoms with Crippen LogP contribution in [-0.2, 0) is 21.1 Å². The lowest BCUT2D eigenvalue weighted by molar-refractivity contribution is -0.128.